The molecule has 0 bridgehead atoms. The molecule has 4 rings (SSSR count). The van der Waals surface area contributed by atoms with Gasteiger partial charge in [-0.15, -0.1) is 24.0 Å². The predicted molar refractivity (Wildman–Crippen MR) is 143 cm³/mol. The van der Waals surface area contributed by atoms with Crippen LogP contribution in [-0.2, 0) is 11.3 Å². The molecule has 1 N–H and O–H groups in total. The second-order valence-corrected chi connectivity index (χ2v) is 9.57. The number of guanidine groups is 1. The molecule has 180 valence electrons. The quantitative estimate of drug-likeness (QED) is 0.242. The zero-order valence-corrected chi connectivity index (χ0v) is 22.2. The number of ether oxygens (including phenoxy) is 1. The van der Waals surface area contributed by atoms with E-state index in [-0.39, 0.29) is 30.1 Å². The number of aliphatic imine (C=N–C) groups is 1. The van der Waals surface area contributed by atoms with Crippen LogP contribution in [0.25, 0.3) is 0 Å². The minimum Gasteiger partial charge on any atom is -0.373 e. The van der Waals surface area contributed by atoms with Gasteiger partial charge in [-0.3, -0.25) is 9.89 Å². The van der Waals surface area contributed by atoms with Crippen LogP contribution in [-0.4, -0.2) is 92.3 Å². The summed E-state index contributed by atoms with van der Waals surface area (Å²) < 4.78 is 6.14. The molecule has 3 saturated heterocycles. The lowest BCUT2D eigenvalue weighted by Gasteiger charge is -2.36. The molecular formula is C25H42IN5O. The number of rotatable bonds is 7. The Morgan fingerprint density at radius 1 is 1.12 bits per heavy atom. The lowest BCUT2D eigenvalue weighted by atomic mass is 10.0. The SMILES string of the molecule is CN=C(NCCCCN1CCCC(C)C1)N1CC2OCCN(Cc3ccccc3)C2C1.I. The smallest absolute Gasteiger partial charge is 0.193 e. The maximum Gasteiger partial charge on any atom is 0.193 e. The van der Waals surface area contributed by atoms with Crippen LogP contribution in [0, 0.1) is 5.92 Å². The van der Waals surface area contributed by atoms with E-state index in [4.69, 9.17) is 4.74 Å². The molecule has 0 spiro atoms. The Morgan fingerprint density at radius 3 is 2.75 bits per heavy atom. The predicted octanol–water partition coefficient (Wildman–Crippen LogP) is 3.28. The fourth-order valence-electron chi connectivity index (χ4n) is 5.43. The van der Waals surface area contributed by atoms with E-state index in [9.17, 15) is 0 Å². The molecule has 3 aliphatic rings. The van der Waals surface area contributed by atoms with Gasteiger partial charge in [0.1, 0.15) is 0 Å². The third-order valence-corrected chi connectivity index (χ3v) is 7.08. The Balaban J connectivity index is 0.00000289. The molecule has 0 amide bonds. The van der Waals surface area contributed by atoms with Crippen molar-refractivity contribution >= 4 is 29.9 Å². The highest BCUT2D eigenvalue weighted by atomic mass is 127. The zero-order chi connectivity index (χ0) is 21.5. The van der Waals surface area contributed by atoms with Crippen LogP contribution in [0.2, 0.25) is 0 Å². The van der Waals surface area contributed by atoms with Gasteiger partial charge in [0.25, 0.3) is 0 Å². The molecule has 0 saturated carbocycles. The third-order valence-electron chi connectivity index (χ3n) is 7.08. The summed E-state index contributed by atoms with van der Waals surface area (Å²) in [5.41, 5.74) is 1.38. The van der Waals surface area contributed by atoms with E-state index in [1.807, 2.05) is 7.05 Å². The Bertz CT molecular complexity index is 703. The molecule has 0 radical (unpaired) electrons. The number of halogens is 1. The monoisotopic (exact) mass is 555 g/mol. The maximum absolute atomic E-state index is 6.14. The van der Waals surface area contributed by atoms with E-state index in [2.05, 4.69) is 62.3 Å². The van der Waals surface area contributed by atoms with Crippen molar-refractivity contribution in [2.24, 2.45) is 10.9 Å². The average Bonchev–Trinajstić information content (AvgIpc) is 3.22. The van der Waals surface area contributed by atoms with E-state index in [0.717, 1.165) is 51.2 Å². The first-order chi connectivity index (χ1) is 15.2. The van der Waals surface area contributed by atoms with Gasteiger partial charge in [0.2, 0.25) is 0 Å². The Morgan fingerprint density at radius 2 is 1.97 bits per heavy atom. The molecule has 3 unspecified atom stereocenters. The number of nitrogens with one attached hydrogen (secondary N) is 1. The number of piperidine rings is 1. The first-order valence-electron chi connectivity index (χ1n) is 12.3. The third kappa shape index (κ3) is 7.05. The van der Waals surface area contributed by atoms with E-state index in [0.29, 0.717) is 6.04 Å². The molecule has 7 heteroatoms. The van der Waals surface area contributed by atoms with Gasteiger partial charge >= 0.3 is 0 Å². The van der Waals surface area contributed by atoms with E-state index >= 15 is 0 Å². The molecule has 0 aromatic heterocycles. The van der Waals surface area contributed by atoms with Crippen molar-refractivity contribution in [3.63, 3.8) is 0 Å². The van der Waals surface area contributed by atoms with Gasteiger partial charge in [0, 0.05) is 46.3 Å². The van der Waals surface area contributed by atoms with Crippen LogP contribution in [0.3, 0.4) is 0 Å². The summed E-state index contributed by atoms with van der Waals surface area (Å²) in [6, 6.07) is 11.2. The van der Waals surface area contributed by atoms with Gasteiger partial charge in [-0.05, 0) is 50.3 Å². The summed E-state index contributed by atoms with van der Waals surface area (Å²) in [6.07, 6.45) is 5.50. The first-order valence-corrected chi connectivity index (χ1v) is 12.3. The number of hydrogen-bond acceptors (Lipinski definition) is 4. The van der Waals surface area contributed by atoms with Crippen molar-refractivity contribution in [3.05, 3.63) is 35.9 Å². The van der Waals surface area contributed by atoms with Gasteiger partial charge in [0.05, 0.1) is 18.8 Å². The van der Waals surface area contributed by atoms with Crippen LogP contribution in [0.15, 0.2) is 35.3 Å². The zero-order valence-electron chi connectivity index (χ0n) is 19.9. The minimum absolute atomic E-state index is 0. The minimum atomic E-state index is 0. The highest BCUT2D eigenvalue weighted by Crippen LogP contribution is 2.24. The average molecular weight is 556 g/mol. The standard InChI is InChI=1S/C25H41N5O.HI/c1-21-9-8-14-28(17-21)13-7-6-12-27-25(26-2)30-19-23-24(20-30)31-16-15-29(23)18-22-10-4-3-5-11-22;/h3-5,10-11,21,23-24H,6-9,12-20H2,1-2H3,(H,26,27);1H. The fourth-order valence-corrected chi connectivity index (χ4v) is 5.43. The maximum atomic E-state index is 6.14. The fraction of sp³-hybridized carbons (Fsp3) is 0.720. The molecule has 1 aromatic rings. The van der Waals surface area contributed by atoms with Crippen molar-refractivity contribution in [2.75, 3.05) is 59.5 Å². The first kappa shape index (κ1) is 25.7. The van der Waals surface area contributed by atoms with Gasteiger partial charge in [-0.25, -0.2) is 0 Å². The number of nitrogens with zero attached hydrogens (tertiary/aromatic N) is 4. The highest BCUT2D eigenvalue weighted by molar-refractivity contribution is 14.0. The van der Waals surface area contributed by atoms with Crippen LogP contribution in [0.5, 0.6) is 0 Å². The molecule has 3 atom stereocenters. The summed E-state index contributed by atoms with van der Waals surface area (Å²) in [6.45, 7) is 11.9. The summed E-state index contributed by atoms with van der Waals surface area (Å²) in [7, 11) is 1.90. The van der Waals surface area contributed by atoms with Crippen LogP contribution < -0.4 is 5.32 Å². The number of likely N-dealkylation sites (tertiary alicyclic amines) is 2. The molecule has 1 aromatic carbocycles. The lowest BCUT2D eigenvalue weighted by molar-refractivity contribution is -0.0502. The van der Waals surface area contributed by atoms with E-state index < -0.39 is 0 Å². The van der Waals surface area contributed by atoms with Gasteiger partial charge in [-0.1, -0.05) is 37.3 Å². The topological polar surface area (TPSA) is 43.3 Å². The molecule has 6 nitrogen and oxygen atoms in total. The van der Waals surface area contributed by atoms with Crippen molar-refractivity contribution < 1.29 is 4.74 Å². The largest absolute Gasteiger partial charge is 0.373 e. The molecule has 0 aliphatic carbocycles. The number of fused-ring (bicyclic) bond motifs is 1. The Labute approximate surface area is 211 Å². The summed E-state index contributed by atoms with van der Waals surface area (Å²) in [5, 5.41) is 3.62. The van der Waals surface area contributed by atoms with E-state index in [1.54, 1.807) is 0 Å². The van der Waals surface area contributed by atoms with Crippen molar-refractivity contribution in [2.45, 2.75) is 51.3 Å². The van der Waals surface area contributed by atoms with Crippen molar-refractivity contribution in [3.8, 4) is 0 Å². The second kappa shape index (κ2) is 13.1. The number of hydrogen-bond donors (Lipinski definition) is 1. The number of morpholine rings is 1. The highest BCUT2D eigenvalue weighted by Gasteiger charge is 2.41. The lowest BCUT2D eigenvalue weighted by Crippen LogP contribution is -2.50. The summed E-state index contributed by atoms with van der Waals surface area (Å²) in [4.78, 5) is 12.2. The normalized spacial score (nSPS) is 27.1. The molecular weight excluding hydrogens is 513 g/mol. The number of benzene rings is 1. The van der Waals surface area contributed by atoms with Crippen LogP contribution in [0.1, 0.15) is 38.2 Å². The Hall–Kier alpha value is -0.900. The number of unbranched alkanes of at least 4 members (excludes halogenated alkanes) is 1. The summed E-state index contributed by atoms with van der Waals surface area (Å²) >= 11 is 0. The van der Waals surface area contributed by atoms with E-state index in [1.165, 1.54) is 50.9 Å². The Kier molecular flexibility index (Phi) is 10.5. The van der Waals surface area contributed by atoms with Gasteiger partial charge in [-0.2, -0.15) is 0 Å². The van der Waals surface area contributed by atoms with Crippen LogP contribution >= 0.6 is 24.0 Å². The van der Waals surface area contributed by atoms with Gasteiger partial charge < -0.3 is 19.9 Å². The van der Waals surface area contributed by atoms with Crippen molar-refractivity contribution in [1.29, 1.82) is 0 Å². The molecule has 32 heavy (non-hydrogen) atoms. The summed E-state index contributed by atoms with van der Waals surface area (Å²) in [5.74, 6) is 1.90. The van der Waals surface area contributed by atoms with Crippen molar-refractivity contribution in [1.82, 2.24) is 20.0 Å². The molecule has 3 fully saturated rings. The molecule has 3 aliphatic heterocycles. The van der Waals surface area contributed by atoms with Gasteiger partial charge in [0.15, 0.2) is 5.96 Å². The molecule has 3 heterocycles. The van der Waals surface area contributed by atoms with Crippen LogP contribution in [0.4, 0.5) is 0 Å². The second-order valence-electron chi connectivity index (χ2n) is 9.57.